The number of carbonyl (C=O) groups is 3. The molecule has 1 aliphatic heterocycles. The number of aromatic nitrogens is 1. The number of nitrogens with one attached hydrogen (secondary N) is 1. The number of ether oxygens (including phenoxy) is 2. The summed E-state index contributed by atoms with van der Waals surface area (Å²) >= 11 is 0.997. The van der Waals surface area contributed by atoms with Gasteiger partial charge in [0.05, 0.1) is 19.0 Å². The average Bonchev–Trinajstić information content (AvgIpc) is 3.05. The number of thiazole rings is 1. The van der Waals surface area contributed by atoms with E-state index in [-0.39, 0.29) is 29.1 Å². The number of para-hydroxylation sites is 2. The van der Waals surface area contributed by atoms with E-state index in [0.717, 1.165) is 11.3 Å². The van der Waals surface area contributed by atoms with Gasteiger partial charge in [0.25, 0.3) is 5.91 Å². The van der Waals surface area contributed by atoms with Crippen LogP contribution in [0.15, 0.2) is 30.5 Å². The highest BCUT2D eigenvalue weighted by molar-refractivity contribution is 7.17. The van der Waals surface area contributed by atoms with Crippen molar-refractivity contribution < 1.29 is 23.9 Å². The molecule has 0 radical (unpaired) electrons. The first-order valence-electron chi connectivity index (χ1n) is 6.94. The van der Waals surface area contributed by atoms with Crippen LogP contribution in [-0.4, -0.2) is 43.0 Å². The van der Waals surface area contributed by atoms with E-state index >= 15 is 0 Å². The maximum absolute atomic E-state index is 12.2. The predicted octanol–water partition coefficient (Wildman–Crippen LogP) is 1.29. The molecule has 0 bridgehead atoms. The van der Waals surface area contributed by atoms with Gasteiger partial charge in [-0.25, -0.2) is 9.78 Å². The molecule has 2 heterocycles. The lowest BCUT2D eigenvalue weighted by Gasteiger charge is -2.28. The Morgan fingerprint density at radius 3 is 3.00 bits per heavy atom. The third-order valence-electron chi connectivity index (χ3n) is 3.25. The Hall–Kier alpha value is -2.94. The van der Waals surface area contributed by atoms with Crippen LogP contribution in [0.2, 0.25) is 0 Å². The number of hydrogen-bond acceptors (Lipinski definition) is 7. The van der Waals surface area contributed by atoms with Crippen LogP contribution < -0.4 is 15.0 Å². The van der Waals surface area contributed by atoms with Crippen molar-refractivity contribution in [2.45, 2.75) is 0 Å². The van der Waals surface area contributed by atoms with Gasteiger partial charge in [-0.2, -0.15) is 0 Å². The van der Waals surface area contributed by atoms with Crippen molar-refractivity contribution in [2.75, 3.05) is 30.5 Å². The average molecular weight is 347 g/mol. The first kappa shape index (κ1) is 15.9. The fourth-order valence-electron chi connectivity index (χ4n) is 2.16. The lowest BCUT2D eigenvalue weighted by molar-refractivity contribution is -0.123. The minimum atomic E-state index is -0.523. The smallest absolute Gasteiger partial charge is 0.349 e. The van der Waals surface area contributed by atoms with Crippen LogP contribution in [0.3, 0.4) is 0 Å². The van der Waals surface area contributed by atoms with Crippen LogP contribution in [0.25, 0.3) is 0 Å². The van der Waals surface area contributed by atoms with Crippen LogP contribution in [0, 0.1) is 0 Å². The summed E-state index contributed by atoms with van der Waals surface area (Å²) in [7, 11) is 1.27. The van der Waals surface area contributed by atoms with E-state index in [1.165, 1.54) is 18.2 Å². The highest BCUT2D eigenvalue weighted by atomic mass is 32.1. The summed E-state index contributed by atoms with van der Waals surface area (Å²) in [6.45, 7) is -0.291. The van der Waals surface area contributed by atoms with Gasteiger partial charge in [-0.1, -0.05) is 23.5 Å². The maximum Gasteiger partial charge on any atom is 0.349 e. The summed E-state index contributed by atoms with van der Waals surface area (Å²) in [5, 5.41) is 2.82. The number of amides is 2. The molecule has 1 aromatic carbocycles. The van der Waals surface area contributed by atoms with Gasteiger partial charge in [0.15, 0.2) is 11.7 Å². The minimum absolute atomic E-state index is 0.117. The number of nitrogens with zero attached hydrogens (tertiary/aromatic N) is 2. The monoisotopic (exact) mass is 347 g/mol. The standard InChI is InChI=1S/C15H13N3O5S/c1-22-14(21)11-6-16-15(24-11)17-12(19)7-18-9-4-2-3-5-10(9)23-8-13(18)20/h2-6H,7-8H2,1H3,(H,16,17,19). The molecule has 24 heavy (non-hydrogen) atoms. The number of carbonyl (C=O) groups excluding carboxylic acids is 3. The fraction of sp³-hybridized carbons (Fsp3) is 0.200. The van der Waals surface area contributed by atoms with E-state index in [2.05, 4.69) is 15.0 Å². The van der Waals surface area contributed by atoms with E-state index in [0.29, 0.717) is 11.4 Å². The highest BCUT2D eigenvalue weighted by Gasteiger charge is 2.27. The molecular formula is C15H13N3O5S. The quantitative estimate of drug-likeness (QED) is 0.837. The summed E-state index contributed by atoms with van der Waals surface area (Å²) in [5.74, 6) is -0.707. The van der Waals surface area contributed by atoms with Crippen molar-refractivity contribution in [1.29, 1.82) is 0 Å². The van der Waals surface area contributed by atoms with Crippen molar-refractivity contribution in [3.8, 4) is 5.75 Å². The van der Waals surface area contributed by atoms with Crippen molar-refractivity contribution in [3.05, 3.63) is 35.3 Å². The van der Waals surface area contributed by atoms with E-state index in [1.54, 1.807) is 24.3 Å². The second-order valence-electron chi connectivity index (χ2n) is 4.81. The predicted molar refractivity (Wildman–Crippen MR) is 86.4 cm³/mol. The molecule has 2 aromatic rings. The van der Waals surface area contributed by atoms with Crippen molar-refractivity contribution in [1.82, 2.24) is 4.98 Å². The number of anilines is 2. The van der Waals surface area contributed by atoms with Gasteiger partial charge in [0, 0.05) is 0 Å². The molecule has 9 heteroatoms. The Labute approximate surface area is 141 Å². The topological polar surface area (TPSA) is 97.8 Å². The molecule has 0 fully saturated rings. The zero-order valence-corrected chi connectivity index (χ0v) is 13.5. The van der Waals surface area contributed by atoms with Crippen LogP contribution in [0.1, 0.15) is 9.67 Å². The Balaban J connectivity index is 1.70. The molecule has 124 valence electrons. The SMILES string of the molecule is COC(=O)c1cnc(NC(=O)CN2C(=O)COc3ccccc32)s1. The molecule has 0 saturated carbocycles. The molecule has 2 amide bonds. The Kier molecular flexibility index (Phi) is 4.43. The molecule has 0 saturated heterocycles. The molecule has 1 N–H and O–H groups in total. The highest BCUT2D eigenvalue weighted by Crippen LogP contribution is 2.31. The number of fused-ring (bicyclic) bond motifs is 1. The third-order valence-corrected chi connectivity index (χ3v) is 4.14. The molecule has 1 aromatic heterocycles. The van der Waals surface area contributed by atoms with Gasteiger partial charge in [-0.15, -0.1) is 0 Å². The van der Waals surface area contributed by atoms with Gasteiger partial charge in [0.1, 0.15) is 17.2 Å². The summed E-state index contributed by atoms with van der Waals surface area (Å²) in [5.41, 5.74) is 0.540. The molecule has 0 unspecified atom stereocenters. The molecule has 1 aliphatic rings. The van der Waals surface area contributed by atoms with Gasteiger partial charge >= 0.3 is 5.97 Å². The molecular weight excluding hydrogens is 334 g/mol. The number of methoxy groups -OCH3 is 1. The van der Waals surface area contributed by atoms with Gasteiger partial charge in [-0.05, 0) is 12.1 Å². The third kappa shape index (κ3) is 3.20. The maximum atomic E-state index is 12.2. The normalized spacial score (nSPS) is 13.0. The van der Waals surface area contributed by atoms with E-state index < -0.39 is 11.9 Å². The lowest BCUT2D eigenvalue weighted by atomic mass is 10.2. The van der Waals surface area contributed by atoms with E-state index in [4.69, 9.17) is 4.74 Å². The van der Waals surface area contributed by atoms with E-state index in [1.807, 2.05) is 0 Å². The lowest BCUT2D eigenvalue weighted by Crippen LogP contribution is -2.43. The van der Waals surface area contributed by atoms with Gasteiger partial charge in [0.2, 0.25) is 5.91 Å². The van der Waals surface area contributed by atoms with Crippen molar-refractivity contribution >= 4 is 39.9 Å². The largest absolute Gasteiger partial charge is 0.482 e. The first-order valence-corrected chi connectivity index (χ1v) is 7.76. The van der Waals surface area contributed by atoms with Crippen molar-refractivity contribution in [2.24, 2.45) is 0 Å². The molecule has 0 atom stereocenters. The summed E-state index contributed by atoms with van der Waals surface area (Å²) < 4.78 is 9.90. The van der Waals surface area contributed by atoms with Crippen LogP contribution in [0.5, 0.6) is 5.75 Å². The summed E-state index contributed by atoms with van der Waals surface area (Å²) in [4.78, 5) is 41.2. The Morgan fingerprint density at radius 1 is 1.42 bits per heavy atom. The van der Waals surface area contributed by atoms with Crippen LogP contribution in [-0.2, 0) is 14.3 Å². The molecule has 3 rings (SSSR count). The zero-order valence-electron chi connectivity index (χ0n) is 12.6. The Bertz CT molecular complexity index is 804. The molecule has 0 aliphatic carbocycles. The number of esters is 1. The summed E-state index contributed by atoms with van der Waals surface area (Å²) in [6.07, 6.45) is 1.32. The van der Waals surface area contributed by atoms with E-state index in [9.17, 15) is 14.4 Å². The van der Waals surface area contributed by atoms with Gasteiger partial charge in [-0.3, -0.25) is 14.5 Å². The second-order valence-corrected chi connectivity index (χ2v) is 5.84. The summed E-state index contributed by atoms with van der Waals surface area (Å²) in [6, 6.07) is 6.99. The molecule has 8 nitrogen and oxygen atoms in total. The fourth-order valence-corrected chi connectivity index (χ4v) is 2.91. The Morgan fingerprint density at radius 2 is 2.21 bits per heavy atom. The number of rotatable bonds is 4. The zero-order chi connectivity index (χ0) is 17.1. The number of hydrogen-bond donors (Lipinski definition) is 1. The number of benzene rings is 1. The van der Waals surface area contributed by atoms with Gasteiger partial charge < -0.3 is 14.8 Å². The minimum Gasteiger partial charge on any atom is -0.482 e. The van der Waals surface area contributed by atoms with Crippen molar-refractivity contribution in [3.63, 3.8) is 0 Å². The van der Waals surface area contributed by atoms with Crippen LogP contribution >= 0.6 is 11.3 Å². The van der Waals surface area contributed by atoms with Crippen LogP contribution in [0.4, 0.5) is 10.8 Å². The second kappa shape index (κ2) is 6.67. The first-order chi connectivity index (χ1) is 11.6. The molecule has 0 spiro atoms.